The Labute approximate surface area is 123 Å². The number of amides is 1. The topological polar surface area (TPSA) is 66.5 Å². The van der Waals surface area contributed by atoms with E-state index in [0.717, 1.165) is 0 Å². The first-order chi connectivity index (χ1) is 9.28. The van der Waals surface area contributed by atoms with Gasteiger partial charge in [-0.25, -0.2) is 8.42 Å². The molecule has 1 N–H and O–H groups in total. The minimum absolute atomic E-state index is 0.0924. The zero-order chi connectivity index (χ0) is 14.9. The first-order valence-electron chi connectivity index (χ1n) is 6.27. The Morgan fingerprint density at radius 1 is 1.40 bits per heavy atom. The van der Waals surface area contributed by atoms with Crippen molar-refractivity contribution in [3.05, 3.63) is 28.8 Å². The molecule has 0 saturated carbocycles. The van der Waals surface area contributed by atoms with Crippen LogP contribution in [0.1, 0.15) is 16.8 Å². The molecule has 1 atom stereocenters. The van der Waals surface area contributed by atoms with Gasteiger partial charge in [-0.05, 0) is 24.6 Å². The van der Waals surface area contributed by atoms with Gasteiger partial charge in [0.1, 0.15) is 0 Å². The van der Waals surface area contributed by atoms with Crippen LogP contribution in [0.3, 0.4) is 0 Å². The van der Waals surface area contributed by atoms with Crippen LogP contribution in [0.2, 0.25) is 5.02 Å². The van der Waals surface area contributed by atoms with Crippen LogP contribution >= 0.6 is 11.6 Å². The van der Waals surface area contributed by atoms with Crippen molar-refractivity contribution >= 4 is 33.0 Å². The van der Waals surface area contributed by atoms with Crippen molar-refractivity contribution in [2.24, 2.45) is 0 Å². The summed E-state index contributed by atoms with van der Waals surface area (Å²) in [6.07, 6.45) is 0.546. The summed E-state index contributed by atoms with van der Waals surface area (Å²) in [5.41, 5.74) is 1.07. The molecule has 1 aromatic rings. The van der Waals surface area contributed by atoms with Crippen molar-refractivity contribution in [3.63, 3.8) is 0 Å². The summed E-state index contributed by atoms with van der Waals surface area (Å²) in [7, 11) is 0.369. The average Bonchev–Trinajstić information content (AvgIpc) is 2.68. The Morgan fingerprint density at radius 2 is 2.10 bits per heavy atom. The third-order valence-electron chi connectivity index (χ3n) is 3.21. The monoisotopic (exact) mass is 316 g/mol. The number of sulfone groups is 1. The quantitative estimate of drug-likeness (QED) is 0.920. The standard InChI is InChI=1S/C13H17ClN2O3S/c1-16(2)13(17)11-4-3-9(14)7-12(11)15-10-5-6-20(18,19)8-10/h3-4,7,10,15H,5-6,8H2,1-2H3. The Hall–Kier alpha value is -1.27. The fraction of sp³-hybridized carbons (Fsp3) is 0.462. The summed E-state index contributed by atoms with van der Waals surface area (Å²) in [4.78, 5) is 13.6. The zero-order valence-electron chi connectivity index (χ0n) is 11.4. The van der Waals surface area contributed by atoms with Crippen molar-refractivity contribution < 1.29 is 13.2 Å². The molecule has 0 bridgehead atoms. The van der Waals surface area contributed by atoms with E-state index >= 15 is 0 Å². The molecule has 0 spiro atoms. The third kappa shape index (κ3) is 3.43. The van der Waals surface area contributed by atoms with E-state index in [1.807, 2.05) is 0 Å². The highest BCUT2D eigenvalue weighted by molar-refractivity contribution is 7.91. The average molecular weight is 317 g/mol. The minimum atomic E-state index is -2.97. The van der Waals surface area contributed by atoms with Crippen molar-refractivity contribution in [1.82, 2.24) is 4.90 Å². The lowest BCUT2D eigenvalue weighted by molar-refractivity contribution is 0.0828. The Morgan fingerprint density at radius 3 is 2.65 bits per heavy atom. The summed E-state index contributed by atoms with van der Waals surface area (Å²) < 4.78 is 23.0. The molecule has 7 heteroatoms. The lowest BCUT2D eigenvalue weighted by Gasteiger charge is -2.18. The van der Waals surface area contributed by atoms with E-state index < -0.39 is 9.84 Å². The smallest absolute Gasteiger partial charge is 0.255 e. The minimum Gasteiger partial charge on any atom is -0.381 e. The maximum absolute atomic E-state index is 12.1. The van der Waals surface area contributed by atoms with Gasteiger partial charge in [0.25, 0.3) is 5.91 Å². The summed E-state index contributed by atoms with van der Waals surface area (Å²) in [5, 5.41) is 3.63. The molecule has 1 aliphatic heterocycles. The fourth-order valence-electron chi connectivity index (χ4n) is 2.19. The first kappa shape index (κ1) is 15.1. The molecule has 1 fully saturated rings. The van der Waals surface area contributed by atoms with E-state index in [0.29, 0.717) is 22.7 Å². The Balaban J connectivity index is 2.26. The van der Waals surface area contributed by atoms with Gasteiger partial charge in [-0.3, -0.25) is 4.79 Å². The van der Waals surface area contributed by atoms with Crippen LogP contribution in [-0.2, 0) is 9.84 Å². The summed E-state index contributed by atoms with van der Waals surface area (Å²) >= 11 is 5.96. The number of hydrogen-bond donors (Lipinski definition) is 1. The number of halogens is 1. The van der Waals surface area contributed by atoms with Gasteiger partial charge in [0, 0.05) is 30.8 Å². The van der Waals surface area contributed by atoms with Crippen LogP contribution in [0.25, 0.3) is 0 Å². The molecule has 1 heterocycles. The number of hydrogen-bond acceptors (Lipinski definition) is 4. The molecule has 0 radical (unpaired) electrons. The summed E-state index contributed by atoms with van der Waals surface area (Å²) in [6.45, 7) is 0. The highest BCUT2D eigenvalue weighted by Gasteiger charge is 2.28. The molecule has 2 rings (SSSR count). The normalized spacial score (nSPS) is 20.6. The second kappa shape index (κ2) is 5.61. The second-order valence-corrected chi connectivity index (χ2v) is 7.80. The predicted molar refractivity (Wildman–Crippen MR) is 80.2 cm³/mol. The molecule has 1 aliphatic rings. The summed E-state index contributed by atoms with van der Waals surface area (Å²) in [5.74, 6) is 0.127. The zero-order valence-corrected chi connectivity index (χ0v) is 13.0. The molecule has 1 amide bonds. The van der Waals surface area contributed by atoms with Crippen LogP contribution in [0.15, 0.2) is 18.2 Å². The van der Waals surface area contributed by atoms with E-state index in [2.05, 4.69) is 5.32 Å². The molecule has 1 aromatic carbocycles. The maximum Gasteiger partial charge on any atom is 0.255 e. The van der Waals surface area contributed by atoms with Gasteiger partial charge in [0.2, 0.25) is 0 Å². The molecule has 1 unspecified atom stereocenters. The van der Waals surface area contributed by atoms with Crippen LogP contribution in [0.5, 0.6) is 0 Å². The first-order valence-corrected chi connectivity index (χ1v) is 8.46. The molecular weight excluding hydrogens is 300 g/mol. The van der Waals surface area contributed by atoms with Crippen molar-refractivity contribution in [3.8, 4) is 0 Å². The lowest BCUT2D eigenvalue weighted by atomic mass is 10.1. The van der Waals surface area contributed by atoms with Gasteiger partial charge in [0.15, 0.2) is 9.84 Å². The molecule has 110 valence electrons. The SMILES string of the molecule is CN(C)C(=O)c1ccc(Cl)cc1NC1CCS(=O)(=O)C1. The van der Waals surface area contributed by atoms with Gasteiger partial charge < -0.3 is 10.2 Å². The number of nitrogens with zero attached hydrogens (tertiary/aromatic N) is 1. The fourth-order valence-corrected chi connectivity index (χ4v) is 4.04. The Bertz CT molecular complexity index is 629. The van der Waals surface area contributed by atoms with Gasteiger partial charge in [0.05, 0.1) is 17.1 Å². The molecule has 0 aromatic heterocycles. The number of rotatable bonds is 3. The molecule has 20 heavy (non-hydrogen) atoms. The van der Waals surface area contributed by atoms with E-state index in [1.54, 1.807) is 32.3 Å². The van der Waals surface area contributed by atoms with Gasteiger partial charge in [-0.2, -0.15) is 0 Å². The lowest BCUT2D eigenvalue weighted by Crippen LogP contribution is -2.26. The number of carbonyl (C=O) groups excluding carboxylic acids is 1. The molecule has 5 nitrogen and oxygen atoms in total. The van der Waals surface area contributed by atoms with Crippen molar-refractivity contribution in [2.75, 3.05) is 30.9 Å². The molecule has 1 saturated heterocycles. The van der Waals surface area contributed by atoms with Gasteiger partial charge in [-0.1, -0.05) is 11.6 Å². The van der Waals surface area contributed by atoms with Crippen LogP contribution in [0, 0.1) is 0 Å². The second-order valence-electron chi connectivity index (χ2n) is 5.13. The van der Waals surface area contributed by atoms with Gasteiger partial charge in [-0.15, -0.1) is 0 Å². The molecule has 0 aliphatic carbocycles. The largest absolute Gasteiger partial charge is 0.381 e. The maximum atomic E-state index is 12.1. The van der Waals surface area contributed by atoms with Crippen LogP contribution in [0.4, 0.5) is 5.69 Å². The van der Waals surface area contributed by atoms with E-state index in [-0.39, 0.29) is 23.5 Å². The molecular formula is C13H17ClN2O3S. The Kier molecular flexibility index (Phi) is 4.25. The highest BCUT2D eigenvalue weighted by Crippen LogP contribution is 2.25. The highest BCUT2D eigenvalue weighted by atomic mass is 35.5. The van der Waals surface area contributed by atoms with E-state index in [9.17, 15) is 13.2 Å². The van der Waals surface area contributed by atoms with E-state index in [4.69, 9.17) is 11.6 Å². The van der Waals surface area contributed by atoms with Crippen molar-refractivity contribution in [2.45, 2.75) is 12.5 Å². The summed E-state index contributed by atoms with van der Waals surface area (Å²) in [6, 6.07) is 4.78. The number of carbonyl (C=O) groups is 1. The van der Waals surface area contributed by atoms with Crippen molar-refractivity contribution in [1.29, 1.82) is 0 Å². The number of nitrogens with one attached hydrogen (secondary N) is 1. The van der Waals surface area contributed by atoms with Crippen LogP contribution < -0.4 is 5.32 Å². The predicted octanol–water partition coefficient (Wildman–Crippen LogP) is 1.64. The number of anilines is 1. The third-order valence-corrected chi connectivity index (χ3v) is 5.21. The van der Waals surface area contributed by atoms with E-state index in [1.165, 1.54) is 4.90 Å². The van der Waals surface area contributed by atoms with Gasteiger partial charge >= 0.3 is 0 Å². The number of benzene rings is 1. The van der Waals surface area contributed by atoms with Crippen LogP contribution in [-0.4, -0.2) is 50.9 Å².